The minimum atomic E-state index is -0.752. The van der Waals surface area contributed by atoms with Gasteiger partial charge in [-0.25, -0.2) is 9.59 Å². The smallest absolute Gasteiger partial charge is 0.340 e. The summed E-state index contributed by atoms with van der Waals surface area (Å²) in [6.07, 6.45) is 0. The van der Waals surface area contributed by atoms with Crippen LogP contribution in [0.4, 0.5) is 22.7 Å². The number of non-ortho nitro benzene ring substituents is 1. The number of carbonyl (C=O) groups is 4. The normalized spacial score (nSPS) is 9.50. The van der Waals surface area contributed by atoms with Crippen LogP contribution in [0.2, 0.25) is 0 Å². The maximum Gasteiger partial charge on any atom is 0.340 e. The lowest BCUT2D eigenvalue weighted by Crippen LogP contribution is -2.12. The Bertz CT molecular complexity index is 1050. The highest BCUT2D eigenvalue weighted by molar-refractivity contribution is 6.02. The first-order valence-electron chi connectivity index (χ1n) is 8.89. The maximum absolute atomic E-state index is 11.4. The lowest BCUT2D eigenvalue weighted by molar-refractivity contribution is -0.384. The summed E-state index contributed by atoms with van der Waals surface area (Å²) in [4.78, 5) is 54.4. The summed E-state index contributed by atoms with van der Waals surface area (Å²) < 4.78 is 9.05. The van der Waals surface area contributed by atoms with Crippen LogP contribution in [0.15, 0.2) is 36.4 Å². The quantitative estimate of drug-likeness (QED) is 0.269. The molecule has 0 atom stereocenters. The molecule has 2 rings (SSSR count). The molecule has 0 fully saturated rings. The fourth-order valence-electron chi connectivity index (χ4n) is 2.36. The standard InChI is InChI=1S/C10H10N2O5.C10H12N2O3/c1-6(13)11-9-4-3-7(12(15)16)5-8(9)10(14)17-2;1-6(13)12-9-4-3-7(11)5-8(9)10(14)15-2/h3-5H,1-2H3,(H,11,13);3-5H,11H2,1-2H3,(H,12,13). The Morgan fingerprint density at radius 1 is 0.844 bits per heavy atom. The number of benzene rings is 2. The van der Waals surface area contributed by atoms with Gasteiger partial charge in [-0.15, -0.1) is 0 Å². The van der Waals surface area contributed by atoms with E-state index < -0.39 is 16.9 Å². The number of ether oxygens (including phenoxy) is 2. The van der Waals surface area contributed by atoms with E-state index in [0.717, 1.165) is 13.2 Å². The molecule has 0 bridgehead atoms. The van der Waals surface area contributed by atoms with E-state index in [1.807, 2.05) is 0 Å². The highest BCUT2D eigenvalue weighted by Gasteiger charge is 2.17. The molecule has 2 amide bonds. The third kappa shape index (κ3) is 7.40. The number of methoxy groups -OCH3 is 2. The van der Waals surface area contributed by atoms with Crippen molar-refractivity contribution in [1.29, 1.82) is 0 Å². The highest BCUT2D eigenvalue weighted by atomic mass is 16.6. The first-order valence-corrected chi connectivity index (χ1v) is 8.89. The van der Waals surface area contributed by atoms with Crippen molar-refractivity contribution < 1.29 is 33.6 Å². The van der Waals surface area contributed by atoms with Crippen LogP contribution in [0, 0.1) is 10.1 Å². The van der Waals surface area contributed by atoms with Crippen LogP contribution in [0.1, 0.15) is 34.6 Å². The number of nitrogens with zero attached hydrogens (tertiary/aromatic N) is 1. The number of amides is 2. The van der Waals surface area contributed by atoms with E-state index in [4.69, 9.17) is 5.73 Å². The van der Waals surface area contributed by atoms with Crippen LogP contribution in [0.25, 0.3) is 0 Å². The molecule has 0 heterocycles. The van der Waals surface area contributed by atoms with E-state index >= 15 is 0 Å². The van der Waals surface area contributed by atoms with Gasteiger partial charge in [-0.3, -0.25) is 19.7 Å². The fourth-order valence-corrected chi connectivity index (χ4v) is 2.36. The van der Waals surface area contributed by atoms with E-state index in [9.17, 15) is 29.3 Å². The summed E-state index contributed by atoms with van der Waals surface area (Å²) >= 11 is 0. The lowest BCUT2D eigenvalue weighted by Gasteiger charge is -2.08. The van der Waals surface area contributed by atoms with Crippen molar-refractivity contribution in [3.63, 3.8) is 0 Å². The predicted octanol–water partition coefficient (Wildman–Crippen LogP) is 2.35. The number of nitro groups is 1. The number of nitrogen functional groups attached to an aromatic ring is 1. The number of nitrogens with two attached hydrogens (primary N) is 1. The first-order chi connectivity index (χ1) is 15.0. The summed E-state index contributed by atoms with van der Waals surface area (Å²) in [5.41, 5.74) is 6.47. The van der Waals surface area contributed by atoms with Gasteiger partial charge in [0.25, 0.3) is 5.69 Å². The third-order valence-electron chi connectivity index (χ3n) is 3.69. The van der Waals surface area contributed by atoms with Gasteiger partial charge in [-0.2, -0.15) is 0 Å². The summed E-state index contributed by atoms with van der Waals surface area (Å²) in [5, 5.41) is 15.5. The summed E-state index contributed by atoms with van der Waals surface area (Å²) in [7, 11) is 2.42. The number of hydrogen-bond donors (Lipinski definition) is 3. The Labute approximate surface area is 182 Å². The predicted molar refractivity (Wildman–Crippen MR) is 115 cm³/mol. The Kier molecular flexibility index (Phi) is 9.30. The number of nitrogens with one attached hydrogen (secondary N) is 2. The van der Waals surface area contributed by atoms with Crippen molar-refractivity contribution in [2.75, 3.05) is 30.6 Å². The largest absolute Gasteiger partial charge is 0.465 e. The number of carbonyl (C=O) groups excluding carboxylic acids is 4. The molecule has 0 aromatic heterocycles. The number of nitro benzene ring substituents is 1. The van der Waals surface area contributed by atoms with Crippen molar-refractivity contribution in [1.82, 2.24) is 0 Å². The molecule has 4 N–H and O–H groups in total. The molecule has 0 saturated heterocycles. The van der Waals surface area contributed by atoms with Gasteiger partial charge in [-0.05, 0) is 24.3 Å². The van der Waals surface area contributed by atoms with Crippen LogP contribution in [-0.4, -0.2) is 42.9 Å². The van der Waals surface area contributed by atoms with Gasteiger partial charge in [0, 0.05) is 31.7 Å². The van der Waals surface area contributed by atoms with Crippen molar-refractivity contribution >= 4 is 46.5 Å². The number of rotatable bonds is 5. The van der Waals surface area contributed by atoms with Gasteiger partial charge < -0.3 is 25.8 Å². The van der Waals surface area contributed by atoms with E-state index in [-0.39, 0.29) is 34.3 Å². The second-order valence-corrected chi connectivity index (χ2v) is 6.14. The molecule has 0 radical (unpaired) electrons. The average molecular weight is 446 g/mol. The molecule has 2 aromatic rings. The fraction of sp³-hybridized carbons (Fsp3) is 0.200. The van der Waals surface area contributed by atoms with Crippen LogP contribution >= 0.6 is 0 Å². The van der Waals surface area contributed by atoms with Crippen molar-refractivity contribution in [2.24, 2.45) is 0 Å². The topological polar surface area (TPSA) is 180 Å². The zero-order chi connectivity index (χ0) is 24.4. The maximum atomic E-state index is 11.4. The average Bonchev–Trinajstić information content (AvgIpc) is 2.73. The lowest BCUT2D eigenvalue weighted by atomic mass is 10.1. The Balaban J connectivity index is 0.000000323. The number of hydrogen-bond acceptors (Lipinski definition) is 9. The van der Waals surface area contributed by atoms with Crippen LogP contribution in [0.3, 0.4) is 0 Å². The van der Waals surface area contributed by atoms with E-state index in [2.05, 4.69) is 20.1 Å². The molecule has 2 aromatic carbocycles. The van der Waals surface area contributed by atoms with E-state index in [1.165, 1.54) is 39.2 Å². The molecule has 0 aliphatic carbocycles. The van der Waals surface area contributed by atoms with Crippen molar-refractivity contribution in [2.45, 2.75) is 13.8 Å². The Morgan fingerprint density at radius 3 is 1.69 bits per heavy atom. The van der Waals surface area contributed by atoms with Gasteiger partial charge in [0.1, 0.15) is 0 Å². The molecular formula is C20H22N4O8. The van der Waals surface area contributed by atoms with Crippen molar-refractivity contribution in [3.05, 3.63) is 57.6 Å². The number of anilines is 3. The van der Waals surface area contributed by atoms with Gasteiger partial charge >= 0.3 is 11.9 Å². The van der Waals surface area contributed by atoms with Crippen LogP contribution in [-0.2, 0) is 19.1 Å². The minimum Gasteiger partial charge on any atom is -0.465 e. The molecule has 170 valence electrons. The molecule has 0 aliphatic heterocycles. The Morgan fingerprint density at radius 2 is 1.28 bits per heavy atom. The van der Waals surface area contributed by atoms with Gasteiger partial charge in [-0.1, -0.05) is 0 Å². The van der Waals surface area contributed by atoms with E-state index in [0.29, 0.717) is 11.4 Å². The third-order valence-corrected chi connectivity index (χ3v) is 3.69. The van der Waals surface area contributed by atoms with Crippen LogP contribution < -0.4 is 16.4 Å². The van der Waals surface area contributed by atoms with Gasteiger partial charge in [0.2, 0.25) is 11.8 Å². The molecule has 0 spiro atoms. The minimum absolute atomic E-state index is 0.0584. The molecule has 0 saturated carbocycles. The molecule has 12 nitrogen and oxygen atoms in total. The van der Waals surface area contributed by atoms with Crippen molar-refractivity contribution in [3.8, 4) is 0 Å². The zero-order valence-electron chi connectivity index (χ0n) is 17.8. The summed E-state index contributed by atoms with van der Waals surface area (Å²) in [5.74, 6) is -1.93. The van der Waals surface area contributed by atoms with Gasteiger partial charge in [0.15, 0.2) is 0 Å². The van der Waals surface area contributed by atoms with E-state index in [1.54, 1.807) is 12.1 Å². The molecular weight excluding hydrogens is 424 g/mol. The molecule has 32 heavy (non-hydrogen) atoms. The summed E-state index contributed by atoms with van der Waals surface area (Å²) in [6, 6.07) is 8.14. The molecule has 0 unspecified atom stereocenters. The second kappa shape index (κ2) is 11.6. The zero-order valence-corrected chi connectivity index (χ0v) is 17.8. The molecule has 0 aliphatic rings. The summed E-state index contributed by atoms with van der Waals surface area (Å²) in [6.45, 7) is 2.62. The monoisotopic (exact) mass is 446 g/mol. The number of esters is 2. The van der Waals surface area contributed by atoms with Crippen LogP contribution in [0.5, 0.6) is 0 Å². The molecule has 12 heteroatoms. The van der Waals surface area contributed by atoms with Gasteiger partial charge in [0.05, 0.1) is 41.6 Å². The highest BCUT2D eigenvalue weighted by Crippen LogP contribution is 2.23. The SMILES string of the molecule is COC(=O)c1cc(N)ccc1NC(C)=O.COC(=O)c1cc([N+](=O)[O-])ccc1NC(C)=O. The first kappa shape index (κ1) is 25.6. The Hall–Kier alpha value is -4.48. The second-order valence-electron chi connectivity index (χ2n) is 6.14.